The molecule has 0 bridgehead atoms. The molecule has 2 heterocycles. The number of hydrogen-bond donors (Lipinski definition) is 1. The zero-order valence-electron chi connectivity index (χ0n) is 9.20. The molecule has 1 N–H and O–H groups in total. The summed E-state index contributed by atoms with van der Waals surface area (Å²) in [5.41, 5.74) is 3.24. The minimum absolute atomic E-state index is 0.597. The van der Waals surface area contributed by atoms with E-state index < -0.39 is 0 Å². The van der Waals surface area contributed by atoms with E-state index >= 15 is 0 Å². The highest BCUT2D eigenvalue weighted by molar-refractivity contribution is 6.30. The average molecular weight is 236 g/mol. The minimum Gasteiger partial charge on any atom is -0.316 e. The first-order valence-corrected chi connectivity index (χ1v) is 5.98. The van der Waals surface area contributed by atoms with Gasteiger partial charge in [-0.2, -0.15) is 0 Å². The summed E-state index contributed by atoms with van der Waals surface area (Å²) in [5, 5.41) is 3.92. The molecule has 2 aromatic heterocycles. The first-order valence-electron chi connectivity index (χ1n) is 5.60. The van der Waals surface area contributed by atoms with Crippen molar-refractivity contribution in [1.82, 2.24) is 14.7 Å². The molecule has 4 heteroatoms. The molecule has 0 unspecified atom stereocenters. The number of halogens is 1. The molecule has 0 atom stereocenters. The van der Waals surface area contributed by atoms with Crippen LogP contribution in [0.3, 0.4) is 0 Å². The first-order chi connectivity index (χ1) is 7.79. The molecule has 1 fully saturated rings. The summed E-state index contributed by atoms with van der Waals surface area (Å²) in [4.78, 5) is 4.59. The van der Waals surface area contributed by atoms with Gasteiger partial charge in [0.2, 0.25) is 0 Å². The van der Waals surface area contributed by atoms with E-state index in [4.69, 9.17) is 11.6 Å². The summed E-state index contributed by atoms with van der Waals surface area (Å²) in [7, 11) is 1.94. The van der Waals surface area contributed by atoms with Crippen LogP contribution in [0.15, 0.2) is 18.3 Å². The second-order valence-electron chi connectivity index (χ2n) is 4.36. The Morgan fingerprint density at radius 1 is 1.50 bits per heavy atom. The van der Waals surface area contributed by atoms with Gasteiger partial charge >= 0.3 is 0 Å². The molecule has 1 aliphatic rings. The topological polar surface area (TPSA) is 29.3 Å². The summed E-state index contributed by atoms with van der Waals surface area (Å²) < 4.78 is 1.99. The van der Waals surface area contributed by atoms with E-state index in [1.54, 1.807) is 0 Å². The van der Waals surface area contributed by atoms with Crippen LogP contribution in [0.5, 0.6) is 0 Å². The number of hydrogen-bond acceptors (Lipinski definition) is 2. The molecule has 3 nitrogen and oxygen atoms in total. The smallest absolute Gasteiger partial charge is 0.138 e. The highest BCUT2D eigenvalue weighted by Gasteiger charge is 2.29. The summed E-state index contributed by atoms with van der Waals surface area (Å²) >= 11 is 6.34. The molecule has 3 rings (SSSR count). The van der Waals surface area contributed by atoms with E-state index in [0.29, 0.717) is 5.92 Å². The van der Waals surface area contributed by atoms with Crippen LogP contribution < -0.4 is 5.32 Å². The van der Waals surface area contributed by atoms with E-state index in [1.807, 2.05) is 17.5 Å². The lowest BCUT2D eigenvalue weighted by Gasteiger charge is -2.01. The molecule has 0 aliphatic heterocycles. The van der Waals surface area contributed by atoms with Crippen LogP contribution in [0.25, 0.3) is 5.65 Å². The van der Waals surface area contributed by atoms with Crippen molar-refractivity contribution in [3.8, 4) is 0 Å². The van der Waals surface area contributed by atoms with Gasteiger partial charge in [0.25, 0.3) is 0 Å². The third-order valence-corrected chi connectivity index (χ3v) is 3.37. The van der Waals surface area contributed by atoms with Gasteiger partial charge in [-0.3, -0.25) is 4.40 Å². The predicted molar refractivity (Wildman–Crippen MR) is 64.9 cm³/mol. The molecule has 0 saturated heterocycles. The fourth-order valence-corrected chi connectivity index (χ4v) is 2.34. The van der Waals surface area contributed by atoms with Crippen molar-refractivity contribution >= 4 is 17.2 Å². The van der Waals surface area contributed by atoms with Crippen LogP contribution in [0.2, 0.25) is 5.15 Å². The number of aromatic nitrogens is 2. The summed E-state index contributed by atoms with van der Waals surface area (Å²) in [6.07, 6.45) is 4.52. The van der Waals surface area contributed by atoms with Gasteiger partial charge in [-0.05, 0) is 31.5 Å². The van der Waals surface area contributed by atoms with Crippen LogP contribution in [-0.2, 0) is 6.54 Å². The Hall–Kier alpha value is -1.06. The predicted octanol–water partition coefficient (Wildman–Crippen LogP) is 2.58. The van der Waals surface area contributed by atoms with E-state index in [2.05, 4.69) is 22.6 Å². The van der Waals surface area contributed by atoms with Crippen molar-refractivity contribution in [1.29, 1.82) is 0 Å². The van der Waals surface area contributed by atoms with Crippen LogP contribution in [0.1, 0.15) is 30.0 Å². The minimum atomic E-state index is 0.597. The van der Waals surface area contributed by atoms with Crippen molar-refractivity contribution in [3.63, 3.8) is 0 Å². The molecule has 84 valence electrons. The van der Waals surface area contributed by atoms with Crippen molar-refractivity contribution in [2.45, 2.75) is 25.3 Å². The van der Waals surface area contributed by atoms with Crippen LogP contribution in [0.4, 0.5) is 0 Å². The summed E-state index contributed by atoms with van der Waals surface area (Å²) in [5.74, 6) is 0.597. The average Bonchev–Trinajstić information content (AvgIpc) is 3.07. The zero-order chi connectivity index (χ0) is 11.1. The summed E-state index contributed by atoms with van der Waals surface area (Å²) in [6.45, 7) is 0.850. The number of nitrogens with one attached hydrogen (secondary N) is 1. The molecule has 0 amide bonds. The van der Waals surface area contributed by atoms with E-state index in [0.717, 1.165) is 23.0 Å². The molecule has 0 radical (unpaired) electrons. The summed E-state index contributed by atoms with van der Waals surface area (Å²) in [6, 6.07) is 4.12. The third kappa shape index (κ3) is 1.60. The highest BCUT2D eigenvalue weighted by atomic mass is 35.5. The molecule has 0 aromatic carbocycles. The van der Waals surface area contributed by atoms with Crippen LogP contribution in [0, 0.1) is 0 Å². The van der Waals surface area contributed by atoms with Gasteiger partial charge in [0, 0.05) is 18.7 Å². The second kappa shape index (κ2) is 3.75. The lowest BCUT2D eigenvalue weighted by atomic mass is 10.3. The Bertz CT molecular complexity index is 528. The maximum absolute atomic E-state index is 6.34. The van der Waals surface area contributed by atoms with Gasteiger partial charge in [0.05, 0.1) is 5.69 Å². The highest BCUT2D eigenvalue weighted by Crippen LogP contribution is 2.42. The van der Waals surface area contributed by atoms with Gasteiger partial charge < -0.3 is 5.32 Å². The second-order valence-corrected chi connectivity index (χ2v) is 4.72. The molecule has 1 saturated carbocycles. The van der Waals surface area contributed by atoms with Gasteiger partial charge in [-0.15, -0.1) is 0 Å². The quantitative estimate of drug-likeness (QED) is 0.886. The van der Waals surface area contributed by atoms with Crippen molar-refractivity contribution in [2.24, 2.45) is 0 Å². The molecular formula is C12H14ClN3. The Morgan fingerprint density at radius 3 is 3.00 bits per heavy atom. The normalized spacial score (nSPS) is 15.9. The lowest BCUT2D eigenvalue weighted by molar-refractivity contribution is 0.811. The van der Waals surface area contributed by atoms with Gasteiger partial charge in [0.15, 0.2) is 0 Å². The van der Waals surface area contributed by atoms with E-state index in [-0.39, 0.29) is 0 Å². The number of imidazole rings is 1. The first kappa shape index (κ1) is 10.1. The molecule has 0 spiro atoms. The molecular weight excluding hydrogens is 222 g/mol. The monoisotopic (exact) mass is 235 g/mol. The number of pyridine rings is 1. The van der Waals surface area contributed by atoms with Crippen LogP contribution in [-0.4, -0.2) is 16.4 Å². The fourth-order valence-electron chi connectivity index (χ4n) is 2.00. The third-order valence-electron chi connectivity index (χ3n) is 2.99. The Balaban J connectivity index is 2.11. The van der Waals surface area contributed by atoms with Crippen molar-refractivity contribution < 1.29 is 0 Å². The number of fused-ring (bicyclic) bond motifs is 1. The Kier molecular flexibility index (Phi) is 2.37. The van der Waals surface area contributed by atoms with Gasteiger partial charge in [0.1, 0.15) is 10.8 Å². The largest absolute Gasteiger partial charge is 0.316 e. The standard InChI is InChI=1S/C12H14ClN3/c1-14-6-8-2-5-10-15-11(9-3-4-9)12(13)16(10)7-8/h2,5,7,9,14H,3-4,6H2,1H3. The number of nitrogens with zero attached hydrogens (tertiary/aromatic N) is 2. The zero-order valence-corrected chi connectivity index (χ0v) is 9.96. The molecule has 16 heavy (non-hydrogen) atoms. The Labute approximate surface area is 99.4 Å². The SMILES string of the molecule is CNCc1ccc2nc(C3CC3)c(Cl)n2c1. The van der Waals surface area contributed by atoms with Gasteiger partial charge in [-0.1, -0.05) is 17.7 Å². The number of rotatable bonds is 3. The lowest BCUT2D eigenvalue weighted by Crippen LogP contribution is -2.05. The van der Waals surface area contributed by atoms with Crippen molar-refractivity contribution in [3.05, 3.63) is 34.7 Å². The molecule has 1 aliphatic carbocycles. The van der Waals surface area contributed by atoms with E-state index in [9.17, 15) is 0 Å². The maximum Gasteiger partial charge on any atom is 0.138 e. The Morgan fingerprint density at radius 2 is 2.31 bits per heavy atom. The fraction of sp³-hybridized carbons (Fsp3) is 0.417. The molecule has 2 aromatic rings. The van der Waals surface area contributed by atoms with Crippen molar-refractivity contribution in [2.75, 3.05) is 7.05 Å². The maximum atomic E-state index is 6.34. The van der Waals surface area contributed by atoms with Gasteiger partial charge in [-0.25, -0.2) is 4.98 Å². The van der Waals surface area contributed by atoms with E-state index in [1.165, 1.54) is 18.4 Å². The van der Waals surface area contributed by atoms with Crippen LogP contribution >= 0.6 is 11.6 Å².